The molecule has 0 fully saturated rings. The summed E-state index contributed by atoms with van der Waals surface area (Å²) in [5.74, 6) is 0. The van der Waals surface area contributed by atoms with Crippen LogP contribution < -0.4 is 0 Å². The summed E-state index contributed by atoms with van der Waals surface area (Å²) in [6, 6.07) is 0. The standard InChI is InChI=1S/C7H11NO2S/c1-6(2)11(9,10)7-3-4-8-5-7/h3-4,6H,5H2,1-2H3. The zero-order valence-electron chi connectivity index (χ0n) is 6.61. The summed E-state index contributed by atoms with van der Waals surface area (Å²) in [5, 5.41) is -0.338. The van der Waals surface area contributed by atoms with Crippen LogP contribution in [-0.2, 0) is 9.84 Å². The van der Waals surface area contributed by atoms with Crippen LogP contribution >= 0.6 is 0 Å². The molecule has 1 aliphatic heterocycles. The second kappa shape index (κ2) is 2.77. The molecule has 0 aromatic heterocycles. The Bertz CT molecular complexity index is 298. The second-order valence-electron chi connectivity index (χ2n) is 2.72. The van der Waals surface area contributed by atoms with Gasteiger partial charge in [-0.1, -0.05) is 0 Å². The van der Waals surface area contributed by atoms with Crippen molar-refractivity contribution >= 4 is 16.1 Å². The van der Waals surface area contributed by atoms with Gasteiger partial charge in [-0.15, -0.1) is 0 Å². The third-order valence-corrected chi connectivity index (χ3v) is 3.84. The van der Waals surface area contributed by atoms with Crippen molar-refractivity contribution < 1.29 is 8.42 Å². The van der Waals surface area contributed by atoms with Crippen LogP contribution in [0.2, 0.25) is 0 Å². The lowest BCUT2D eigenvalue weighted by molar-refractivity contribution is 0.593. The first-order valence-electron chi connectivity index (χ1n) is 3.48. The molecule has 0 saturated carbocycles. The summed E-state index contributed by atoms with van der Waals surface area (Å²) < 4.78 is 22.8. The molecule has 0 radical (unpaired) electrons. The molecule has 1 rings (SSSR count). The monoisotopic (exact) mass is 173 g/mol. The fraction of sp³-hybridized carbons (Fsp3) is 0.571. The van der Waals surface area contributed by atoms with Gasteiger partial charge in [0.05, 0.1) is 16.7 Å². The largest absolute Gasteiger partial charge is 0.288 e. The van der Waals surface area contributed by atoms with Crippen LogP contribution in [0.4, 0.5) is 0 Å². The van der Waals surface area contributed by atoms with Crippen molar-refractivity contribution in [3.8, 4) is 0 Å². The Hall–Kier alpha value is -0.640. The van der Waals surface area contributed by atoms with E-state index in [4.69, 9.17) is 0 Å². The number of allylic oxidation sites excluding steroid dienone is 1. The van der Waals surface area contributed by atoms with Crippen molar-refractivity contribution in [1.82, 2.24) is 0 Å². The fourth-order valence-electron chi connectivity index (χ4n) is 0.819. The molecule has 0 spiro atoms. The summed E-state index contributed by atoms with van der Waals surface area (Å²) in [6.07, 6.45) is 3.10. The average molecular weight is 173 g/mol. The minimum atomic E-state index is -3.04. The first-order valence-corrected chi connectivity index (χ1v) is 5.02. The van der Waals surface area contributed by atoms with Gasteiger partial charge in [-0.2, -0.15) is 0 Å². The third kappa shape index (κ3) is 1.50. The molecule has 0 atom stereocenters. The summed E-state index contributed by atoms with van der Waals surface area (Å²) in [6.45, 7) is 3.67. The van der Waals surface area contributed by atoms with Crippen molar-refractivity contribution in [2.75, 3.05) is 6.54 Å². The summed E-state index contributed by atoms with van der Waals surface area (Å²) in [4.78, 5) is 4.25. The average Bonchev–Trinajstić information content (AvgIpc) is 2.37. The van der Waals surface area contributed by atoms with Crippen LogP contribution in [0.3, 0.4) is 0 Å². The van der Waals surface area contributed by atoms with Crippen LogP contribution in [0.1, 0.15) is 13.8 Å². The minimum absolute atomic E-state index is 0.320. The number of hydrogen-bond acceptors (Lipinski definition) is 3. The quantitative estimate of drug-likeness (QED) is 0.619. The molecular weight excluding hydrogens is 162 g/mol. The molecule has 0 N–H and O–H groups in total. The highest BCUT2D eigenvalue weighted by molar-refractivity contribution is 7.95. The maximum atomic E-state index is 11.4. The van der Waals surface area contributed by atoms with E-state index in [0.717, 1.165) is 0 Å². The van der Waals surface area contributed by atoms with Crippen molar-refractivity contribution in [3.63, 3.8) is 0 Å². The topological polar surface area (TPSA) is 46.5 Å². The molecule has 0 aromatic rings. The number of nitrogens with zero attached hydrogens (tertiary/aromatic N) is 1. The molecule has 11 heavy (non-hydrogen) atoms. The first kappa shape index (κ1) is 8.46. The van der Waals surface area contributed by atoms with Gasteiger partial charge in [0.15, 0.2) is 9.84 Å². The van der Waals surface area contributed by atoms with E-state index in [1.54, 1.807) is 19.9 Å². The van der Waals surface area contributed by atoms with E-state index in [0.29, 0.717) is 11.4 Å². The van der Waals surface area contributed by atoms with Gasteiger partial charge in [-0.05, 0) is 19.9 Å². The Morgan fingerprint density at radius 3 is 2.55 bits per heavy atom. The zero-order chi connectivity index (χ0) is 8.48. The Kier molecular flexibility index (Phi) is 2.13. The predicted octanol–water partition coefficient (Wildman–Crippen LogP) is 0.778. The van der Waals surface area contributed by atoms with Gasteiger partial charge in [0.1, 0.15) is 0 Å². The predicted molar refractivity (Wildman–Crippen MR) is 45.5 cm³/mol. The molecule has 0 aromatic carbocycles. The SMILES string of the molecule is CC(C)S(=O)(=O)C1=CC=NC1. The molecule has 3 nitrogen and oxygen atoms in total. The van der Waals surface area contributed by atoms with E-state index >= 15 is 0 Å². The number of rotatable bonds is 2. The third-order valence-electron chi connectivity index (χ3n) is 1.60. The Balaban J connectivity index is 2.92. The number of aliphatic imine (C=N–C) groups is 1. The molecular formula is C7H11NO2S. The normalized spacial score (nSPS) is 17.5. The van der Waals surface area contributed by atoms with Gasteiger partial charge in [0.25, 0.3) is 0 Å². The highest BCUT2D eigenvalue weighted by Gasteiger charge is 2.22. The van der Waals surface area contributed by atoms with Gasteiger partial charge < -0.3 is 0 Å². The molecule has 4 heteroatoms. The van der Waals surface area contributed by atoms with Gasteiger partial charge in [0, 0.05) is 6.21 Å². The van der Waals surface area contributed by atoms with Gasteiger partial charge in [-0.25, -0.2) is 8.42 Å². The highest BCUT2D eigenvalue weighted by Crippen LogP contribution is 2.15. The van der Waals surface area contributed by atoms with E-state index in [-0.39, 0.29) is 5.25 Å². The van der Waals surface area contributed by atoms with Crippen LogP contribution in [0.15, 0.2) is 16.0 Å². The smallest absolute Gasteiger partial charge is 0.178 e. The molecule has 0 unspecified atom stereocenters. The maximum Gasteiger partial charge on any atom is 0.178 e. The van der Waals surface area contributed by atoms with Crippen LogP contribution in [0.5, 0.6) is 0 Å². The van der Waals surface area contributed by atoms with E-state index in [9.17, 15) is 8.42 Å². The Labute approximate surface area is 66.8 Å². The first-order chi connectivity index (χ1) is 5.05. The molecule has 0 saturated heterocycles. The lowest BCUT2D eigenvalue weighted by Gasteiger charge is -2.06. The maximum absolute atomic E-state index is 11.4. The fourth-order valence-corrected chi connectivity index (χ4v) is 1.93. The Morgan fingerprint density at radius 1 is 1.55 bits per heavy atom. The van der Waals surface area contributed by atoms with E-state index < -0.39 is 9.84 Å². The van der Waals surface area contributed by atoms with Crippen molar-refractivity contribution in [1.29, 1.82) is 0 Å². The van der Waals surface area contributed by atoms with Gasteiger partial charge in [-0.3, -0.25) is 4.99 Å². The zero-order valence-corrected chi connectivity index (χ0v) is 7.43. The van der Waals surface area contributed by atoms with E-state index in [1.807, 2.05) is 0 Å². The minimum Gasteiger partial charge on any atom is -0.288 e. The number of hydrogen-bond donors (Lipinski definition) is 0. The molecule has 1 heterocycles. The summed E-state index contributed by atoms with van der Waals surface area (Å²) in [5.41, 5.74) is 0. The van der Waals surface area contributed by atoms with Crippen LogP contribution in [0.25, 0.3) is 0 Å². The van der Waals surface area contributed by atoms with Gasteiger partial charge in [0.2, 0.25) is 0 Å². The highest BCUT2D eigenvalue weighted by atomic mass is 32.2. The molecule has 62 valence electrons. The molecule has 0 bridgehead atoms. The molecule has 0 aliphatic carbocycles. The van der Waals surface area contributed by atoms with Crippen molar-refractivity contribution in [3.05, 3.63) is 11.0 Å². The molecule has 1 aliphatic rings. The molecule has 0 amide bonds. The second-order valence-corrected chi connectivity index (χ2v) is 5.27. The van der Waals surface area contributed by atoms with Crippen molar-refractivity contribution in [2.24, 2.45) is 4.99 Å². The number of sulfone groups is 1. The van der Waals surface area contributed by atoms with E-state index in [2.05, 4.69) is 4.99 Å². The Morgan fingerprint density at radius 2 is 2.18 bits per heavy atom. The van der Waals surface area contributed by atoms with Gasteiger partial charge >= 0.3 is 0 Å². The lowest BCUT2D eigenvalue weighted by Crippen LogP contribution is -2.16. The summed E-state index contributed by atoms with van der Waals surface area (Å²) >= 11 is 0. The van der Waals surface area contributed by atoms with E-state index in [1.165, 1.54) is 6.21 Å². The van der Waals surface area contributed by atoms with Crippen LogP contribution in [0, 0.1) is 0 Å². The lowest BCUT2D eigenvalue weighted by atomic mass is 10.6. The summed E-state index contributed by atoms with van der Waals surface area (Å²) in [7, 11) is -3.04. The van der Waals surface area contributed by atoms with Crippen molar-refractivity contribution in [2.45, 2.75) is 19.1 Å². The van der Waals surface area contributed by atoms with Crippen LogP contribution in [-0.4, -0.2) is 26.4 Å².